The number of amides is 1. The number of hydrogen-bond donors (Lipinski definition) is 1. The first-order valence-corrected chi connectivity index (χ1v) is 7.49. The summed E-state index contributed by atoms with van der Waals surface area (Å²) >= 11 is 5.73. The molecule has 0 aliphatic rings. The normalized spacial score (nSPS) is 10.4. The molecule has 25 heavy (non-hydrogen) atoms. The van der Waals surface area contributed by atoms with E-state index in [2.05, 4.69) is 15.3 Å². The third-order valence-electron chi connectivity index (χ3n) is 3.26. The zero-order valence-corrected chi connectivity index (χ0v) is 13.4. The molecule has 3 rings (SSSR count). The number of pyridine rings is 2. The van der Waals surface area contributed by atoms with E-state index >= 15 is 0 Å². The molecular formula is C16H11ClN4O4. The summed E-state index contributed by atoms with van der Waals surface area (Å²) in [5.41, 5.74) is 0.236. The van der Waals surface area contributed by atoms with Crippen LogP contribution in [0.2, 0.25) is 5.02 Å². The van der Waals surface area contributed by atoms with E-state index in [1.54, 1.807) is 24.3 Å². The zero-order chi connectivity index (χ0) is 17.8. The van der Waals surface area contributed by atoms with E-state index in [9.17, 15) is 14.9 Å². The number of halogens is 1. The Hall–Kier alpha value is -3.26. The van der Waals surface area contributed by atoms with Gasteiger partial charge in [0.05, 0.1) is 15.3 Å². The Labute approximate surface area is 146 Å². The van der Waals surface area contributed by atoms with Gasteiger partial charge in [-0.25, -0.2) is 4.98 Å². The van der Waals surface area contributed by atoms with Crippen LogP contribution in [0.4, 0.5) is 11.5 Å². The molecule has 2 heterocycles. The van der Waals surface area contributed by atoms with Crippen LogP contribution in [0.15, 0.2) is 48.8 Å². The highest BCUT2D eigenvalue weighted by Gasteiger charge is 2.16. The molecule has 0 aliphatic carbocycles. The third kappa shape index (κ3) is 3.81. The van der Waals surface area contributed by atoms with Gasteiger partial charge in [0.25, 0.3) is 11.6 Å². The molecule has 2 aromatic heterocycles. The van der Waals surface area contributed by atoms with Gasteiger partial charge in [-0.1, -0.05) is 11.6 Å². The molecule has 8 nitrogen and oxygen atoms in total. The number of non-ortho nitro benzene ring substituents is 1. The maximum absolute atomic E-state index is 11.9. The highest BCUT2D eigenvalue weighted by Crippen LogP contribution is 2.31. The number of nitrogens with zero attached hydrogens (tertiary/aromatic N) is 3. The average molecular weight is 359 g/mol. The molecule has 1 N–H and O–H groups in total. The second kappa shape index (κ2) is 7.10. The topological polar surface area (TPSA) is 107 Å². The van der Waals surface area contributed by atoms with Gasteiger partial charge in [-0.15, -0.1) is 0 Å². The fourth-order valence-electron chi connectivity index (χ4n) is 2.18. The molecule has 0 spiro atoms. The Bertz CT molecular complexity index is 947. The molecule has 0 fully saturated rings. The summed E-state index contributed by atoms with van der Waals surface area (Å²) in [7, 11) is 0. The van der Waals surface area contributed by atoms with Crippen molar-refractivity contribution in [3.05, 3.63) is 63.9 Å². The minimum Gasteiger partial charge on any atom is -0.481 e. The van der Waals surface area contributed by atoms with Crippen LogP contribution in [0.25, 0.3) is 10.9 Å². The molecule has 0 saturated carbocycles. The summed E-state index contributed by atoms with van der Waals surface area (Å²) in [6, 6.07) is 9.06. The lowest BCUT2D eigenvalue weighted by molar-refractivity contribution is -0.383. The van der Waals surface area contributed by atoms with E-state index in [1.807, 2.05) is 0 Å². The lowest BCUT2D eigenvalue weighted by Crippen LogP contribution is -2.20. The summed E-state index contributed by atoms with van der Waals surface area (Å²) in [6.45, 7) is -0.298. The monoisotopic (exact) mass is 358 g/mol. The third-order valence-corrected chi connectivity index (χ3v) is 3.48. The Morgan fingerprint density at radius 3 is 2.80 bits per heavy atom. The van der Waals surface area contributed by atoms with Crippen LogP contribution in [-0.4, -0.2) is 27.4 Å². The molecular weight excluding hydrogens is 348 g/mol. The van der Waals surface area contributed by atoms with E-state index in [0.29, 0.717) is 21.7 Å². The van der Waals surface area contributed by atoms with Gasteiger partial charge in [-0.05, 0) is 30.3 Å². The lowest BCUT2D eigenvalue weighted by Gasteiger charge is -2.09. The van der Waals surface area contributed by atoms with Crippen molar-refractivity contribution in [1.82, 2.24) is 9.97 Å². The summed E-state index contributed by atoms with van der Waals surface area (Å²) < 4.78 is 5.46. The molecule has 1 aromatic carbocycles. The molecule has 0 atom stereocenters. The van der Waals surface area contributed by atoms with Crippen molar-refractivity contribution in [2.75, 3.05) is 11.9 Å². The molecule has 1 amide bonds. The van der Waals surface area contributed by atoms with Crippen LogP contribution in [0.3, 0.4) is 0 Å². The predicted molar refractivity (Wildman–Crippen MR) is 91.8 cm³/mol. The van der Waals surface area contributed by atoms with Crippen molar-refractivity contribution in [3.63, 3.8) is 0 Å². The van der Waals surface area contributed by atoms with E-state index in [0.717, 1.165) is 0 Å². The SMILES string of the molecule is O=C(COc1ccc([N+](=O)[O-])c2cccnc12)Nc1ccc(Cl)cn1. The number of anilines is 1. The van der Waals surface area contributed by atoms with Crippen molar-refractivity contribution in [1.29, 1.82) is 0 Å². The smallest absolute Gasteiger partial charge is 0.279 e. The Morgan fingerprint density at radius 2 is 2.08 bits per heavy atom. The number of rotatable bonds is 5. The quantitative estimate of drug-likeness (QED) is 0.554. The van der Waals surface area contributed by atoms with Gasteiger partial charge in [-0.3, -0.25) is 19.9 Å². The Kier molecular flexibility index (Phi) is 4.71. The molecule has 0 unspecified atom stereocenters. The maximum atomic E-state index is 11.9. The fourth-order valence-corrected chi connectivity index (χ4v) is 2.29. The van der Waals surface area contributed by atoms with E-state index < -0.39 is 10.8 Å². The first kappa shape index (κ1) is 16.6. The van der Waals surface area contributed by atoms with E-state index in [-0.39, 0.29) is 18.0 Å². The first-order valence-electron chi connectivity index (χ1n) is 7.11. The van der Waals surface area contributed by atoms with Gasteiger partial charge in [-0.2, -0.15) is 0 Å². The van der Waals surface area contributed by atoms with Crippen molar-refractivity contribution in [2.45, 2.75) is 0 Å². The molecule has 0 radical (unpaired) electrons. The van der Waals surface area contributed by atoms with Gasteiger partial charge in [0.2, 0.25) is 0 Å². The van der Waals surface area contributed by atoms with Crippen molar-refractivity contribution in [3.8, 4) is 5.75 Å². The fraction of sp³-hybridized carbons (Fsp3) is 0.0625. The number of carbonyl (C=O) groups excluding carboxylic acids is 1. The number of fused-ring (bicyclic) bond motifs is 1. The number of carbonyl (C=O) groups is 1. The number of nitro benzene ring substituents is 1. The number of benzene rings is 1. The number of nitro groups is 1. The van der Waals surface area contributed by atoms with Crippen molar-refractivity contribution >= 4 is 39.9 Å². The van der Waals surface area contributed by atoms with Gasteiger partial charge in [0.1, 0.15) is 17.1 Å². The summed E-state index contributed by atoms with van der Waals surface area (Å²) in [6.07, 6.45) is 2.91. The van der Waals surface area contributed by atoms with Crippen LogP contribution >= 0.6 is 11.6 Å². The maximum Gasteiger partial charge on any atom is 0.279 e. The Balaban J connectivity index is 1.75. The second-order valence-electron chi connectivity index (χ2n) is 4.94. The van der Waals surface area contributed by atoms with Gasteiger partial charge in [0, 0.05) is 18.5 Å². The molecule has 9 heteroatoms. The van der Waals surface area contributed by atoms with E-state index in [4.69, 9.17) is 16.3 Å². The van der Waals surface area contributed by atoms with Crippen molar-refractivity contribution in [2.24, 2.45) is 0 Å². The van der Waals surface area contributed by atoms with Crippen molar-refractivity contribution < 1.29 is 14.5 Å². The minimum absolute atomic E-state index is 0.0785. The zero-order valence-electron chi connectivity index (χ0n) is 12.7. The van der Waals surface area contributed by atoms with Crippen LogP contribution in [0, 0.1) is 10.1 Å². The highest BCUT2D eigenvalue weighted by molar-refractivity contribution is 6.30. The summed E-state index contributed by atoms with van der Waals surface area (Å²) in [4.78, 5) is 30.6. The van der Waals surface area contributed by atoms with Crippen LogP contribution in [0.1, 0.15) is 0 Å². The number of nitrogens with one attached hydrogen (secondary N) is 1. The van der Waals surface area contributed by atoms with Crippen LogP contribution in [0.5, 0.6) is 5.75 Å². The minimum atomic E-state index is -0.493. The predicted octanol–water partition coefficient (Wildman–Crippen LogP) is 3.21. The second-order valence-corrected chi connectivity index (χ2v) is 5.37. The number of ether oxygens (including phenoxy) is 1. The average Bonchev–Trinajstić information content (AvgIpc) is 2.61. The van der Waals surface area contributed by atoms with E-state index in [1.165, 1.54) is 24.5 Å². The summed E-state index contributed by atoms with van der Waals surface area (Å²) in [5, 5.41) is 14.4. The molecule has 3 aromatic rings. The largest absolute Gasteiger partial charge is 0.481 e. The highest BCUT2D eigenvalue weighted by atomic mass is 35.5. The molecule has 126 valence electrons. The first-order chi connectivity index (χ1) is 12.0. The lowest BCUT2D eigenvalue weighted by atomic mass is 10.1. The molecule has 0 aliphatic heterocycles. The van der Waals surface area contributed by atoms with Crippen LogP contribution in [-0.2, 0) is 4.79 Å². The molecule has 0 bridgehead atoms. The van der Waals surface area contributed by atoms with Crippen LogP contribution < -0.4 is 10.1 Å². The Morgan fingerprint density at radius 1 is 1.24 bits per heavy atom. The number of aromatic nitrogens is 2. The van der Waals surface area contributed by atoms with Gasteiger partial charge in [0.15, 0.2) is 6.61 Å². The molecule has 0 saturated heterocycles. The standard InChI is InChI=1S/C16H11ClN4O4/c17-10-3-6-14(19-8-10)20-15(22)9-25-13-5-4-12(21(23)24)11-2-1-7-18-16(11)13/h1-8H,9H2,(H,19,20,22). The van der Waals surface area contributed by atoms with Gasteiger partial charge >= 0.3 is 0 Å². The summed E-state index contributed by atoms with van der Waals surface area (Å²) in [5.74, 6) is 0.183. The number of hydrogen-bond acceptors (Lipinski definition) is 6. The van der Waals surface area contributed by atoms with Gasteiger partial charge < -0.3 is 10.1 Å².